The van der Waals surface area contributed by atoms with Crippen molar-refractivity contribution < 1.29 is 0 Å². The highest BCUT2D eigenvalue weighted by atomic mass is 15.2. The lowest BCUT2D eigenvalue weighted by Crippen LogP contribution is -1.90. The molecule has 0 saturated carbocycles. The van der Waals surface area contributed by atoms with Crippen LogP contribution < -0.4 is 0 Å². The summed E-state index contributed by atoms with van der Waals surface area (Å²) >= 11 is 0. The van der Waals surface area contributed by atoms with Crippen LogP contribution in [0, 0.1) is 6.92 Å². The largest absolute Gasteiger partial charge is 0.276 e. The van der Waals surface area contributed by atoms with Gasteiger partial charge in [0.15, 0.2) is 0 Å². The van der Waals surface area contributed by atoms with Gasteiger partial charge < -0.3 is 0 Å². The zero-order valence-electron chi connectivity index (χ0n) is 11.5. The molecule has 0 aromatic carbocycles. The van der Waals surface area contributed by atoms with Crippen molar-refractivity contribution in [2.24, 2.45) is 0 Å². The van der Waals surface area contributed by atoms with Gasteiger partial charge in [-0.05, 0) is 42.8 Å². The molecule has 0 amide bonds. The van der Waals surface area contributed by atoms with Crippen molar-refractivity contribution in [1.82, 2.24) is 24.8 Å². The predicted molar refractivity (Wildman–Crippen MR) is 80.7 cm³/mol. The van der Waals surface area contributed by atoms with Crippen LogP contribution in [0.5, 0.6) is 0 Å². The Bertz CT molecular complexity index is 919. The average molecular weight is 275 g/mol. The highest BCUT2D eigenvalue weighted by Gasteiger charge is 2.11. The van der Waals surface area contributed by atoms with Gasteiger partial charge in [0.2, 0.25) is 0 Å². The van der Waals surface area contributed by atoms with Gasteiger partial charge in [-0.25, -0.2) is 4.52 Å². The molecule has 21 heavy (non-hydrogen) atoms. The summed E-state index contributed by atoms with van der Waals surface area (Å²) in [7, 11) is 0. The van der Waals surface area contributed by atoms with Crippen molar-refractivity contribution in [2.75, 3.05) is 0 Å². The lowest BCUT2D eigenvalue weighted by molar-refractivity contribution is 0.962. The molecular weight excluding hydrogens is 262 g/mol. The minimum absolute atomic E-state index is 0.899. The molecular formula is C16H13N5. The number of pyridine rings is 2. The van der Waals surface area contributed by atoms with Crippen molar-refractivity contribution >= 4 is 5.52 Å². The molecule has 1 N–H and O–H groups in total. The van der Waals surface area contributed by atoms with Crippen molar-refractivity contribution in [2.45, 2.75) is 6.92 Å². The minimum atomic E-state index is 0.899. The van der Waals surface area contributed by atoms with Crippen LogP contribution in [0.25, 0.3) is 28.0 Å². The molecule has 5 heteroatoms. The molecule has 0 spiro atoms. The Morgan fingerprint density at radius 2 is 2.10 bits per heavy atom. The molecule has 5 nitrogen and oxygen atoms in total. The Kier molecular flexibility index (Phi) is 2.57. The van der Waals surface area contributed by atoms with Crippen LogP contribution >= 0.6 is 0 Å². The predicted octanol–water partition coefficient (Wildman–Crippen LogP) is 3.09. The van der Waals surface area contributed by atoms with E-state index >= 15 is 0 Å². The summed E-state index contributed by atoms with van der Waals surface area (Å²) < 4.78 is 1.84. The zero-order valence-corrected chi connectivity index (χ0v) is 11.5. The fraction of sp³-hybridized carbons (Fsp3) is 0.0625. The molecule has 0 atom stereocenters. The normalized spacial score (nSPS) is 11.1. The summed E-state index contributed by atoms with van der Waals surface area (Å²) in [6, 6.07) is 12.1. The van der Waals surface area contributed by atoms with E-state index in [0.717, 1.165) is 33.7 Å². The van der Waals surface area contributed by atoms with Gasteiger partial charge in [-0.3, -0.25) is 10.1 Å². The summed E-state index contributed by atoms with van der Waals surface area (Å²) in [6.07, 6.45) is 5.57. The number of nitrogens with zero attached hydrogens (tertiary/aromatic N) is 4. The Hall–Kier alpha value is -2.95. The second kappa shape index (κ2) is 4.56. The van der Waals surface area contributed by atoms with Gasteiger partial charge >= 0.3 is 0 Å². The topological polar surface area (TPSA) is 58.9 Å². The Morgan fingerprint density at radius 1 is 1.14 bits per heavy atom. The molecule has 4 heterocycles. The zero-order chi connectivity index (χ0) is 14.2. The lowest BCUT2D eigenvalue weighted by atomic mass is 10.1. The lowest BCUT2D eigenvalue weighted by Gasteiger charge is -2.04. The van der Waals surface area contributed by atoms with E-state index in [-0.39, 0.29) is 0 Å². The van der Waals surface area contributed by atoms with Crippen molar-refractivity contribution in [3.05, 3.63) is 60.7 Å². The van der Waals surface area contributed by atoms with E-state index in [1.807, 2.05) is 54.2 Å². The molecule has 0 radical (unpaired) electrons. The molecule has 4 aromatic rings. The van der Waals surface area contributed by atoms with E-state index in [1.54, 1.807) is 6.20 Å². The van der Waals surface area contributed by atoms with Gasteiger partial charge in [0, 0.05) is 23.7 Å². The minimum Gasteiger partial charge on any atom is -0.276 e. The monoisotopic (exact) mass is 275 g/mol. The molecule has 102 valence electrons. The van der Waals surface area contributed by atoms with Crippen LogP contribution in [0.2, 0.25) is 0 Å². The number of hydrogen-bond acceptors (Lipinski definition) is 3. The molecule has 0 aliphatic heterocycles. The SMILES string of the molecule is Cc1cccc(-c2[nH]ncc2-c2ccn3nccc3c2)n1. The number of aryl methyl sites for hydroxylation is 1. The smallest absolute Gasteiger partial charge is 0.0912 e. The van der Waals surface area contributed by atoms with E-state index < -0.39 is 0 Å². The fourth-order valence-corrected chi connectivity index (χ4v) is 2.47. The van der Waals surface area contributed by atoms with Crippen LogP contribution in [-0.4, -0.2) is 24.8 Å². The first kappa shape index (κ1) is 11.8. The third kappa shape index (κ3) is 1.99. The maximum Gasteiger partial charge on any atom is 0.0912 e. The van der Waals surface area contributed by atoms with Gasteiger partial charge in [-0.15, -0.1) is 0 Å². The van der Waals surface area contributed by atoms with E-state index in [4.69, 9.17) is 0 Å². The third-order valence-corrected chi connectivity index (χ3v) is 3.49. The van der Waals surface area contributed by atoms with Gasteiger partial charge in [0.05, 0.1) is 23.1 Å². The second-order valence-electron chi connectivity index (χ2n) is 4.94. The molecule has 4 aromatic heterocycles. The maximum absolute atomic E-state index is 4.57. The first-order valence-electron chi connectivity index (χ1n) is 6.72. The fourth-order valence-electron chi connectivity index (χ4n) is 2.47. The summed E-state index contributed by atoms with van der Waals surface area (Å²) in [4.78, 5) is 4.57. The van der Waals surface area contributed by atoms with Gasteiger partial charge in [-0.1, -0.05) is 6.07 Å². The van der Waals surface area contributed by atoms with Crippen molar-refractivity contribution in [1.29, 1.82) is 0 Å². The summed E-state index contributed by atoms with van der Waals surface area (Å²) in [5, 5.41) is 11.5. The van der Waals surface area contributed by atoms with Gasteiger partial charge in [0.1, 0.15) is 0 Å². The maximum atomic E-state index is 4.57. The van der Waals surface area contributed by atoms with Crippen LogP contribution in [0.15, 0.2) is 55.0 Å². The molecule has 4 rings (SSSR count). The van der Waals surface area contributed by atoms with Crippen LogP contribution in [-0.2, 0) is 0 Å². The standard InChI is InChI=1S/C16H13N5/c1-11-3-2-4-15(19-11)16-14(10-17-20-16)12-6-8-21-13(9-12)5-7-18-21/h2-10H,1H3,(H,17,20). The van der Waals surface area contributed by atoms with Crippen molar-refractivity contribution in [3.63, 3.8) is 0 Å². The van der Waals surface area contributed by atoms with Crippen LogP contribution in [0.4, 0.5) is 0 Å². The molecule has 0 aliphatic carbocycles. The van der Waals surface area contributed by atoms with E-state index in [1.165, 1.54) is 0 Å². The number of aromatic amines is 1. The van der Waals surface area contributed by atoms with Crippen molar-refractivity contribution in [3.8, 4) is 22.5 Å². The highest BCUT2D eigenvalue weighted by Crippen LogP contribution is 2.29. The first-order valence-corrected chi connectivity index (χ1v) is 6.72. The van der Waals surface area contributed by atoms with E-state index in [9.17, 15) is 0 Å². The average Bonchev–Trinajstić information content (AvgIpc) is 3.15. The number of rotatable bonds is 2. The molecule has 0 unspecified atom stereocenters. The van der Waals surface area contributed by atoms with Gasteiger partial charge in [0.25, 0.3) is 0 Å². The molecule has 0 bridgehead atoms. The van der Waals surface area contributed by atoms with Crippen LogP contribution in [0.3, 0.4) is 0 Å². The molecule has 0 saturated heterocycles. The van der Waals surface area contributed by atoms with E-state index in [2.05, 4.69) is 26.3 Å². The summed E-state index contributed by atoms with van der Waals surface area (Å²) in [5.41, 5.74) is 6.00. The Morgan fingerprint density at radius 3 is 3.00 bits per heavy atom. The van der Waals surface area contributed by atoms with E-state index in [0.29, 0.717) is 0 Å². The first-order chi connectivity index (χ1) is 10.3. The summed E-state index contributed by atoms with van der Waals surface area (Å²) in [5.74, 6) is 0. The highest BCUT2D eigenvalue weighted by molar-refractivity contribution is 5.80. The Labute approximate surface area is 121 Å². The number of fused-ring (bicyclic) bond motifs is 1. The van der Waals surface area contributed by atoms with Gasteiger partial charge in [-0.2, -0.15) is 10.2 Å². The third-order valence-electron chi connectivity index (χ3n) is 3.49. The number of aromatic nitrogens is 5. The Balaban J connectivity index is 1.88. The van der Waals surface area contributed by atoms with Crippen LogP contribution in [0.1, 0.15) is 5.69 Å². The molecule has 0 aliphatic rings. The molecule has 0 fully saturated rings. The summed E-state index contributed by atoms with van der Waals surface area (Å²) in [6.45, 7) is 1.98. The quantitative estimate of drug-likeness (QED) is 0.611. The second-order valence-corrected chi connectivity index (χ2v) is 4.94. The number of H-pyrrole nitrogens is 1. The number of nitrogens with one attached hydrogen (secondary N) is 1. The number of hydrogen-bond donors (Lipinski definition) is 1.